The number of aromatic nitrogens is 3. The van der Waals surface area contributed by atoms with Crippen molar-refractivity contribution in [1.82, 2.24) is 14.3 Å². The Balaban J connectivity index is 2.18. The number of rotatable bonds is 8. The van der Waals surface area contributed by atoms with Crippen molar-refractivity contribution in [3.05, 3.63) is 61.3 Å². The number of benzene rings is 1. The van der Waals surface area contributed by atoms with Crippen LogP contribution in [0.2, 0.25) is 0 Å². The molecule has 1 aromatic carbocycles. The average molecular weight is 380 g/mol. The maximum absolute atomic E-state index is 12.5. The molecule has 0 bridgehead atoms. The number of hydrogen-bond donors (Lipinski definition) is 0. The van der Waals surface area contributed by atoms with E-state index in [0.29, 0.717) is 13.1 Å². The van der Waals surface area contributed by atoms with E-state index in [1.54, 1.807) is 0 Å². The molecule has 0 radical (unpaired) electrons. The summed E-state index contributed by atoms with van der Waals surface area (Å²) >= 11 is 3.17. The second-order valence-electron chi connectivity index (χ2n) is 5.59. The highest BCUT2D eigenvalue weighted by molar-refractivity contribution is 9.10. The molecule has 0 N–H and O–H groups in total. The first kappa shape index (κ1) is 17.7. The van der Waals surface area contributed by atoms with Gasteiger partial charge in [-0.3, -0.25) is 9.36 Å². The molecule has 0 aliphatic carbocycles. The molecular weight excluding hydrogens is 358 g/mol. The van der Waals surface area contributed by atoms with Crippen LogP contribution in [0.1, 0.15) is 44.6 Å². The lowest BCUT2D eigenvalue weighted by molar-refractivity contribution is 0.484. The molecule has 6 heteroatoms. The SMILES string of the molecule is CCCCCCCn1c(=O)c(Br)nn(Cc2ccccc2)c1=O. The fourth-order valence-corrected chi connectivity index (χ4v) is 2.86. The summed E-state index contributed by atoms with van der Waals surface area (Å²) in [6, 6.07) is 9.62. The van der Waals surface area contributed by atoms with E-state index in [4.69, 9.17) is 0 Å². The highest BCUT2D eigenvalue weighted by atomic mass is 79.9. The van der Waals surface area contributed by atoms with Gasteiger partial charge in [-0.1, -0.05) is 62.9 Å². The van der Waals surface area contributed by atoms with Crippen molar-refractivity contribution in [2.24, 2.45) is 0 Å². The molecule has 0 amide bonds. The summed E-state index contributed by atoms with van der Waals surface area (Å²) in [5.74, 6) is 0. The zero-order chi connectivity index (χ0) is 16.7. The van der Waals surface area contributed by atoms with E-state index >= 15 is 0 Å². The van der Waals surface area contributed by atoms with Gasteiger partial charge >= 0.3 is 5.69 Å². The number of nitrogens with zero attached hydrogens (tertiary/aromatic N) is 3. The topological polar surface area (TPSA) is 56.9 Å². The van der Waals surface area contributed by atoms with Crippen LogP contribution in [0.3, 0.4) is 0 Å². The maximum Gasteiger partial charge on any atom is 0.347 e. The Kier molecular flexibility index (Phi) is 6.77. The van der Waals surface area contributed by atoms with Gasteiger partial charge in [0, 0.05) is 6.54 Å². The molecule has 0 aliphatic heterocycles. The third-order valence-electron chi connectivity index (χ3n) is 3.74. The van der Waals surface area contributed by atoms with E-state index in [2.05, 4.69) is 28.0 Å². The lowest BCUT2D eigenvalue weighted by Crippen LogP contribution is -2.42. The van der Waals surface area contributed by atoms with Crippen LogP contribution in [0.4, 0.5) is 0 Å². The van der Waals surface area contributed by atoms with Crippen LogP contribution in [0.5, 0.6) is 0 Å². The largest absolute Gasteiger partial charge is 0.347 e. The summed E-state index contributed by atoms with van der Waals surface area (Å²) in [4.78, 5) is 24.7. The van der Waals surface area contributed by atoms with Gasteiger partial charge in [-0.2, -0.15) is 5.10 Å². The molecule has 0 unspecified atom stereocenters. The van der Waals surface area contributed by atoms with Crippen LogP contribution >= 0.6 is 15.9 Å². The van der Waals surface area contributed by atoms with Crippen molar-refractivity contribution in [1.29, 1.82) is 0 Å². The quantitative estimate of drug-likeness (QED) is 0.661. The van der Waals surface area contributed by atoms with Gasteiger partial charge in [0.05, 0.1) is 6.54 Å². The molecule has 0 atom stereocenters. The average Bonchev–Trinajstić information content (AvgIpc) is 2.56. The zero-order valence-corrected chi connectivity index (χ0v) is 15.0. The molecule has 0 aliphatic rings. The third kappa shape index (κ3) is 4.89. The first-order chi connectivity index (χ1) is 11.1. The van der Waals surface area contributed by atoms with Gasteiger partial charge in [-0.05, 0) is 27.9 Å². The molecule has 23 heavy (non-hydrogen) atoms. The monoisotopic (exact) mass is 379 g/mol. The molecule has 0 fully saturated rings. The third-order valence-corrected chi connectivity index (χ3v) is 4.24. The van der Waals surface area contributed by atoms with E-state index in [0.717, 1.165) is 24.8 Å². The molecule has 1 heterocycles. The molecule has 0 saturated heterocycles. The molecule has 0 spiro atoms. The summed E-state index contributed by atoms with van der Waals surface area (Å²) in [6.07, 6.45) is 5.35. The minimum absolute atomic E-state index is 0.182. The van der Waals surface area contributed by atoms with E-state index in [-0.39, 0.29) is 15.9 Å². The Hall–Kier alpha value is -1.69. The van der Waals surface area contributed by atoms with Gasteiger partial charge < -0.3 is 0 Å². The first-order valence-corrected chi connectivity index (χ1v) is 8.84. The van der Waals surface area contributed by atoms with Crippen molar-refractivity contribution in [3.63, 3.8) is 0 Å². The Morgan fingerprint density at radius 2 is 1.74 bits per heavy atom. The molecule has 1 aromatic heterocycles. The van der Waals surface area contributed by atoms with Crippen LogP contribution in [0.25, 0.3) is 0 Å². The Morgan fingerprint density at radius 1 is 1.04 bits per heavy atom. The molecule has 0 saturated carbocycles. The second-order valence-corrected chi connectivity index (χ2v) is 6.34. The molecule has 2 rings (SSSR count). The van der Waals surface area contributed by atoms with E-state index < -0.39 is 0 Å². The Labute approximate surface area is 144 Å². The smallest absolute Gasteiger partial charge is 0.266 e. The van der Waals surface area contributed by atoms with Gasteiger partial charge in [0.25, 0.3) is 5.56 Å². The minimum atomic E-state index is -0.352. The highest BCUT2D eigenvalue weighted by Crippen LogP contribution is 2.04. The fourth-order valence-electron chi connectivity index (χ4n) is 2.46. The predicted octanol–water partition coefficient (Wildman–Crippen LogP) is 3.19. The lowest BCUT2D eigenvalue weighted by atomic mass is 10.1. The van der Waals surface area contributed by atoms with E-state index in [9.17, 15) is 9.59 Å². The maximum atomic E-state index is 12.5. The summed E-state index contributed by atoms with van der Waals surface area (Å²) < 4.78 is 2.81. The zero-order valence-electron chi connectivity index (χ0n) is 13.4. The van der Waals surface area contributed by atoms with Gasteiger partial charge in [-0.15, -0.1) is 0 Å². The van der Waals surface area contributed by atoms with Crippen LogP contribution < -0.4 is 11.2 Å². The minimum Gasteiger partial charge on any atom is -0.266 e. The van der Waals surface area contributed by atoms with Crippen LogP contribution in [-0.4, -0.2) is 14.3 Å². The number of halogens is 1. The summed E-state index contributed by atoms with van der Waals surface area (Å²) in [7, 11) is 0. The van der Waals surface area contributed by atoms with Crippen molar-refractivity contribution in [2.75, 3.05) is 0 Å². The van der Waals surface area contributed by atoms with Gasteiger partial charge in [-0.25, -0.2) is 9.48 Å². The summed E-state index contributed by atoms with van der Waals surface area (Å²) in [6.45, 7) is 2.96. The number of hydrogen-bond acceptors (Lipinski definition) is 3. The second kappa shape index (κ2) is 8.82. The van der Waals surface area contributed by atoms with Crippen LogP contribution in [0, 0.1) is 0 Å². The van der Waals surface area contributed by atoms with Crippen LogP contribution in [0.15, 0.2) is 44.5 Å². The Bertz CT molecular complexity index is 738. The fraction of sp³-hybridized carbons (Fsp3) is 0.471. The highest BCUT2D eigenvalue weighted by Gasteiger charge is 2.11. The van der Waals surface area contributed by atoms with Crippen LogP contribution in [-0.2, 0) is 13.1 Å². The predicted molar refractivity (Wildman–Crippen MR) is 94.8 cm³/mol. The standard InChI is InChI=1S/C17H22BrN3O2/c1-2-3-4-5-9-12-20-16(22)15(18)19-21(17(20)23)13-14-10-7-6-8-11-14/h6-8,10-11H,2-5,9,12-13H2,1H3. The summed E-state index contributed by atoms with van der Waals surface area (Å²) in [5.41, 5.74) is 0.273. The molecule has 5 nitrogen and oxygen atoms in total. The number of unbranched alkanes of at least 4 members (excludes halogenated alkanes) is 4. The Morgan fingerprint density at radius 3 is 2.43 bits per heavy atom. The lowest BCUT2D eigenvalue weighted by Gasteiger charge is -2.10. The van der Waals surface area contributed by atoms with Gasteiger partial charge in [0.2, 0.25) is 0 Å². The normalized spacial score (nSPS) is 10.9. The van der Waals surface area contributed by atoms with Crippen molar-refractivity contribution < 1.29 is 0 Å². The first-order valence-electron chi connectivity index (χ1n) is 8.05. The molecule has 124 valence electrons. The van der Waals surface area contributed by atoms with E-state index in [1.807, 2.05) is 30.3 Å². The van der Waals surface area contributed by atoms with Gasteiger partial charge in [0.15, 0.2) is 4.60 Å². The molecular formula is C17H22BrN3O2. The van der Waals surface area contributed by atoms with Crippen molar-refractivity contribution in [2.45, 2.75) is 52.1 Å². The summed E-state index contributed by atoms with van der Waals surface area (Å²) in [5, 5.41) is 4.07. The van der Waals surface area contributed by atoms with Crippen molar-refractivity contribution in [3.8, 4) is 0 Å². The van der Waals surface area contributed by atoms with Crippen molar-refractivity contribution >= 4 is 15.9 Å². The van der Waals surface area contributed by atoms with Gasteiger partial charge in [0.1, 0.15) is 0 Å². The molecule has 2 aromatic rings. The van der Waals surface area contributed by atoms with E-state index in [1.165, 1.54) is 22.1 Å².